The Kier molecular flexibility index (Phi) is 5.45. The zero-order valence-corrected chi connectivity index (χ0v) is 12.1. The quantitative estimate of drug-likeness (QED) is 0.399. The highest BCUT2D eigenvalue weighted by Crippen LogP contribution is 2.35. The van der Waals surface area contributed by atoms with Crippen molar-refractivity contribution in [3.05, 3.63) is 22.7 Å². The summed E-state index contributed by atoms with van der Waals surface area (Å²) in [4.78, 5) is 0. The molecule has 0 aromatic heterocycles. The minimum absolute atomic E-state index is 0.0407. The summed E-state index contributed by atoms with van der Waals surface area (Å²) in [6.07, 6.45) is -7.26. The molecule has 0 amide bonds. The molecule has 1 saturated heterocycles. The first-order valence-electron chi connectivity index (χ1n) is 6.48. The van der Waals surface area contributed by atoms with Crippen LogP contribution in [0.15, 0.2) is 12.1 Å². The normalized spacial score (nSPS) is 32.0. The molecule has 1 aromatic carbocycles. The summed E-state index contributed by atoms with van der Waals surface area (Å²) in [6, 6.07) is 2.38. The summed E-state index contributed by atoms with van der Waals surface area (Å²) in [5, 5.41) is 57.0. The van der Waals surface area contributed by atoms with Gasteiger partial charge in [0.05, 0.1) is 18.2 Å². The second kappa shape index (κ2) is 6.97. The lowest BCUT2D eigenvalue weighted by Gasteiger charge is -2.39. The van der Waals surface area contributed by atoms with Gasteiger partial charge in [0.2, 0.25) is 6.29 Å². The predicted octanol–water partition coefficient (Wildman–Crippen LogP) is -1.28. The number of aliphatic hydroxyl groups is 5. The largest absolute Gasteiger partial charge is 0.508 e. The van der Waals surface area contributed by atoms with Crippen molar-refractivity contribution < 1.29 is 40.1 Å². The average Bonchev–Trinajstić information content (AvgIpc) is 2.49. The fraction of sp³-hybridized carbons (Fsp3) is 0.538. The van der Waals surface area contributed by atoms with Crippen LogP contribution in [0.4, 0.5) is 0 Å². The standard InChI is InChI=1S/C13H17ClO8/c14-7-2-6(17)1-5(3-15)12(7)22-13-11(20)10(19)9(18)8(4-16)21-13/h1-2,8-11,13,15-20H,3-4H2/t8-,9-,10+,11+,13?/m1/s1. The Bertz CT molecular complexity index is 523. The van der Waals surface area contributed by atoms with Crippen LogP contribution >= 0.6 is 11.6 Å². The Morgan fingerprint density at radius 1 is 1.09 bits per heavy atom. The van der Waals surface area contributed by atoms with E-state index in [4.69, 9.17) is 26.2 Å². The van der Waals surface area contributed by atoms with Gasteiger partial charge in [0.15, 0.2) is 0 Å². The molecule has 0 saturated carbocycles. The number of ether oxygens (including phenoxy) is 2. The van der Waals surface area contributed by atoms with Gasteiger partial charge in [-0.3, -0.25) is 0 Å². The lowest BCUT2D eigenvalue weighted by molar-refractivity contribution is -0.277. The number of phenolic OH excluding ortho intramolecular Hbond substituents is 1. The highest BCUT2D eigenvalue weighted by molar-refractivity contribution is 6.32. The van der Waals surface area contributed by atoms with E-state index in [0.29, 0.717) is 0 Å². The van der Waals surface area contributed by atoms with E-state index in [1.54, 1.807) is 0 Å². The van der Waals surface area contributed by atoms with E-state index in [2.05, 4.69) is 0 Å². The van der Waals surface area contributed by atoms with E-state index in [1.165, 1.54) is 12.1 Å². The molecular formula is C13H17ClO8. The van der Waals surface area contributed by atoms with E-state index in [9.17, 15) is 25.5 Å². The van der Waals surface area contributed by atoms with Gasteiger partial charge in [-0.05, 0) is 6.07 Å². The molecule has 1 aliphatic heterocycles. The number of aliphatic hydroxyl groups excluding tert-OH is 5. The molecule has 0 radical (unpaired) electrons. The van der Waals surface area contributed by atoms with Crippen LogP contribution < -0.4 is 4.74 Å². The Morgan fingerprint density at radius 3 is 2.36 bits per heavy atom. The van der Waals surface area contributed by atoms with Crippen molar-refractivity contribution in [1.82, 2.24) is 0 Å². The molecule has 0 bridgehead atoms. The third-order valence-electron chi connectivity index (χ3n) is 3.36. The van der Waals surface area contributed by atoms with E-state index in [1.807, 2.05) is 0 Å². The predicted molar refractivity (Wildman–Crippen MR) is 73.4 cm³/mol. The molecule has 6 N–H and O–H groups in total. The molecule has 9 heteroatoms. The molecule has 2 rings (SSSR count). The van der Waals surface area contributed by atoms with Gasteiger partial charge in [0.25, 0.3) is 0 Å². The monoisotopic (exact) mass is 336 g/mol. The Labute approximate surface area is 130 Å². The zero-order chi connectivity index (χ0) is 16.4. The van der Waals surface area contributed by atoms with Crippen molar-refractivity contribution >= 4 is 11.6 Å². The molecule has 0 aliphatic carbocycles. The SMILES string of the molecule is OCc1cc(O)cc(Cl)c1OC1O[C@H](CO)[C@@H](O)[C@H](O)[C@@H]1O. The van der Waals surface area contributed by atoms with Gasteiger partial charge in [-0.2, -0.15) is 0 Å². The zero-order valence-electron chi connectivity index (χ0n) is 11.3. The van der Waals surface area contributed by atoms with E-state index < -0.39 is 43.9 Å². The van der Waals surface area contributed by atoms with Gasteiger partial charge in [-0.15, -0.1) is 0 Å². The molecule has 22 heavy (non-hydrogen) atoms. The summed E-state index contributed by atoms with van der Waals surface area (Å²) in [7, 11) is 0. The van der Waals surface area contributed by atoms with Crippen molar-refractivity contribution in [1.29, 1.82) is 0 Å². The number of aromatic hydroxyl groups is 1. The first kappa shape index (κ1) is 17.2. The van der Waals surface area contributed by atoms with Crippen LogP contribution in [-0.2, 0) is 11.3 Å². The molecule has 1 aliphatic rings. The third kappa shape index (κ3) is 3.28. The molecule has 1 aromatic rings. The van der Waals surface area contributed by atoms with Crippen LogP contribution in [0.2, 0.25) is 5.02 Å². The topological polar surface area (TPSA) is 140 Å². The first-order chi connectivity index (χ1) is 10.4. The molecule has 1 heterocycles. The first-order valence-corrected chi connectivity index (χ1v) is 6.86. The maximum Gasteiger partial charge on any atom is 0.229 e. The molecule has 0 spiro atoms. The van der Waals surface area contributed by atoms with E-state index in [-0.39, 0.29) is 22.1 Å². The minimum Gasteiger partial charge on any atom is -0.508 e. The Morgan fingerprint density at radius 2 is 1.77 bits per heavy atom. The molecule has 8 nitrogen and oxygen atoms in total. The second-order valence-electron chi connectivity index (χ2n) is 4.89. The van der Waals surface area contributed by atoms with Gasteiger partial charge in [-0.1, -0.05) is 11.6 Å². The van der Waals surface area contributed by atoms with Gasteiger partial charge >= 0.3 is 0 Å². The van der Waals surface area contributed by atoms with Crippen LogP contribution in [0.3, 0.4) is 0 Å². The summed E-state index contributed by atoms with van der Waals surface area (Å²) < 4.78 is 10.6. The van der Waals surface area contributed by atoms with Gasteiger partial charge in [0, 0.05) is 11.6 Å². The maximum absolute atomic E-state index is 9.89. The van der Waals surface area contributed by atoms with Crippen LogP contribution in [0.25, 0.3) is 0 Å². The van der Waals surface area contributed by atoms with Gasteiger partial charge in [0.1, 0.15) is 35.9 Å². The van der Waals surface area contributed by atoms with Crippen molar-refractivity contribution in [3.8, 4) is 11.5 Å². The van der Waals surface area contributed by atoms with E-state index >= 15 is 0 Å². The lowest BCUT2D eigenvalue weighted by Crippen LogP contribution is -2.60. The van der Waals surface area contributed by atoms with Crippen LogP contribution in [0, 0.1) is 0 Å². The highest BCUT2D eigenvalue weighted by atomic mass is 35.5. The van der Waals surface area contributed by atoms with Crippen LogP contribution in [-0.4, -0.2) is 68.0 Å². The number of halogens is 1. The van der Waals surface area contributed by atoms with Crippen molar-refractivity contribution in [2.24, 2.45) is 0 Å². The Hall–Kier alpha value is -1.13. The second-order valence-corrected chi connectivity index (χ2v) is 5.30. The van der Waals surface area contributed by atoms with Crippen LogP contribution in [0.5, 0.6) is 11.5 Å². The number of benzene rings is 1. The Balaban J connectivity index is 2.26. The fourth-order valence-electron chi connectivity index (χ4n) is 2.16. The maximum atomic E-state index is 9.89. The number of hydrogen-bond acceptors (Lipinski definition) is 8. The molecular weight excluding hydrogens is 320 g/mol. The summed E-state index contributed by atoms with van der Waals surface area (Å²) in [5.74, 6) is -0.235. The number of hydrogen-bond donors (Lipinski definition) is 6. The highest BCUT2D eigenvalue weighted by Gasteiger charge is 2.45. The molecule has 5 atom stereocenters. The summed E-state index contributed by atoms with van der Waals surface area (Å²) in [6.45, 7) is -1.10. The average molecular weight is 337 g/mol. The minimum atomic E-state index is -1.60. The molecule has 1 fully saturated rings. The number of phenols is 1. The molecule has 1 unspecified atom stereocenters. The van der Waals surface area contributed by atoms with E-state index in [0.717, 1.165) is 0 Å². The van der Waals surface area contributed by atoms with Crippen molar-refractivity contribution in [3.63, 3.8) is 0 Å². The fourth-order valence-corrected chi connectivity index (χ4v) is 2.44. The lowest BCUT2D eigenvalue weighted by atomic mass is 9.99. The number of rotatable bonds is 4. The van der Waals surface area contributed by atoms with Crippen LogP contribution in [0.1, 0.15) is 5.56 Å². The van der Waals surface area contributed by atoms with Crippen molar-refractivity contribution in [2.75, 3.05) is 6.61 Å². The van der Waals surface area contributed by atoms with Gasteiger partial charge in [-0.25, -0.2) is 0 Å². The summed E-state index contributed by atoms with van der Waals surface area (Å²) in [5.41, 5.74) is 0.141. The molecule has 124 valence electrons. The van der Waals surface area contributed by atoms with Gasteiger partial charge < -0.3 is 40.1 Å². The third-order valence-corrected chi connectivity index (χ3v) is 3.64. The van der Waals surface area contributed by atoms with Crippen molar-refractivity contribution in [2.45, 2.75) is 37.3 Å². The summed E-state index contributed by atoms with van der Waals surface area (Å²) >= 11 is 5.92. The smallest absolute Gasteiger partial charge is 0.229 e.